The van der Waals surface area contributed by atoms with Gasteiger partial charge in [-0.1, -0.05) is 32.1 Å². The van der Waals surface area contributed by atoms with Crippen molar-refractivity contribution in [3.8, 4) is 0 Å². The molecule has 100 valence electrons. The lowest BCUT2D eigenvalue weighted by atomic mass is 9.89. The highest BCUT2D eigenvalue weighted by molar-refractivity contribution is 5.02. The molecule has 18 heavy (non-hydrogen) atoms. The zero-order valence-corrected chi connectivity index (χ0v) is 11.1. The highest BCUT2D eigenvalue weighted by atomic mass is 15.2. The highest BCUT2D eigenvalue weighted by Crippen LogP contribution is 2.31. The van der Waals surface area contributed by atoms with Crippen LogP contribution in [0.25, 0.3) is 0 Å². The van der Waals surface area contributed by atoms with Crippen LogP contribution in [0.15, 0.2) is 0 Å². The van der Waals surface area contributed by atoms with Crippen LogP contribution in [0.4, 0.5) is 0 Å². The number of rotatable bonds is 2. The van der Waals surface area contributed by atoms with Crippen LogP contribution < -0.4 is 5.32 Å². The molecule has 2 aliphatic rings. The molecular weight excluding hydrogens is 224 g/mol. The van der Waals surface area contributed by atoms with Gasteiger partial charge in [-0.2, -0.15) is 5.10 Å². The van der Waals surface area contributed by atoms with Crippen molar-refractivity contribution in [3.05, 3.63) is 11.6 Å². The minimum atomic E-state index is 0.400. The Kier molecular flexibility index (Phi) is 3.93. The molecule has 2 fully saturated rings. The van der Waals surface area contributed by atoms with Crippen molar-refractivity contribution in [2.75, 3.05) is 6.54 Å². The number of hydrogen-bond donors (Lipinski definition) is 2. The standard InChI is InChI=1S/C14H24N4/c1-3-7-11(8-4-1)13-16-14(18-17-13)12-9-5-2-6-10-15-12/h11-12,15H,1-10H2,(H,16,17,18). The van der Waals surface area contributed by atoms with Crippen molar-refractivity contribution in [1.29, 1.82) is 0 Å². The fourth-order valence-corrected chi connectivity index (χ4v) is 3.25. The predicted octanol–water partition coefficient (Wildman–Crippen LogP) is 3.06. The fourth-order valence-electron chi connectivity index (χ4n) is 3.25. The topological polar surface area (TPSA) is 53.6 Å². The summed E-state index contributed by atoms with van der Waals surface area (Å²) in [6.07, 6.45) is 11.7. The van der Waals surface area contributed by atoms with Gasteiger partial charge in [0, 0.05) is 5.92 Å². The Morgan fingerprint density at radius 1 is 0.889 bits per heavy atom. The van der Waals surface area contributed by atoms with Gasteiger partial charge < -0.3 is 5.32 Å². The van der Waals surface area contributed by atoms with E-state index in [0.29, 0.717) is 12.0 Å². The van der Waals surface area contributed by atoms with E-state index >= 15 is 0 Å². The van der Waals surface area contributed by atoms with E-state index in [4.69, 9.17) is 4.98 Å². The molecule has 0 bridgehead atoms. The van der Waals surface area contributed by atoms with Crippen molar-refractivity contribution < 1.29 is 0 Å². The number of nitrogens with zero attached hydrogens (tertiary/aromatic N) is 2. The number of aromatic amines is 1. The van der Waals surface area contributed by atoms with Gasteiger partial charge in [-0.15, -0.1) is 0 Å². The van der Waals surface area contributed by atoms with Crippen LogP contribution in [0.1, 0.15) is 81.4 Å². The van der Waals surface area contributed by atoms with E-state index in [1.54, 1.807) is 0 Å². The van der Waals surface area contributed by atoms with Gasteiger partial charge in [0.05, 0.1) is 6.04 Å². The third-order valence-corrected chi connectivity index (χ3v) is 4.38. The van der Waals surface area contributed by atoms with Crippen LogP contribution >= 0.6 is 0 Å². The van der Waals surface area contributed by atoms with Gasteiger partial charge in [0.15, 0.2) is 5.82 Å². The van der Waals surface area contributed by atoms with Crippen LogP contribution in [0.2, 0.25) is 0 Å². The summed E-state index contributed by atoms with van der Waals surface area (Å²) in [6, 6.07) is 0.400. The number of H-pyrrole nitrogens is 1. The second kappa shape index (κ2) is 5.83. The maximum absolute atomic E-state index is 4.77. The van der Waals surface area contributed by atoms with Gasteiger partial charge in [-0.25, -0.2) is 4.98 Å². The third kappa shape index (κ3) is 2.74. The van der Waals surface area contributed by atoms with Crippen LogP contribution in [-0.2, 0) is 0 Å². The minimum Gasteiger partial charge on any atom is -0.307 e. The molecule has 1 saturated carbocycles. The average molecular weight is 248 g/mol. The highest BCUT2D eigenvalue weighted by Gasteiger charge is 2.22. The van der Waals surface area contributed by atoms with E-state index in [0.717, 1.165) is 18.2 Å². The molecule has 4 heteroatoms. The molecule has 0 spiro atoms. The van der Waals surface area contributed by atoms with Gasteiger partial charge in [-0.3, -0.25) is 5.10 Å². The molecule has 1 aliphatic heterocycles. The Bertz CT molecular complexity index is 360. The lowest BCUT2D eigenvalue weighted by Crippen LogP contribution is -2.21. The zero-order valence-electron chi connectivity index (χ0n) is 11.1. The smallest absolute Gasteiger partial charge is 0.153 e. The number of hydrogen-bond acceptors (Lipinski definition) is 3. The molecule has 2 heterocycles. The van der Waals surface area contributed by atoms with Crippen molar-refractivity contribution in [2.24, 2.45) is 0 Å². The van der Waals surface area contributed by atoms with E-state index in [9.17, 15) is 0 Å². The number of aromatic nitrogens is 3. The Hall–Kier alpha value is -0.900. The Labute approximate surface area is 109 Å². The van der Waals surface area contributed by atoms with Crippen molar-refractivity contribution >= 4 is 0 Å². The average Bonchev–Trinajstić information content (AvgIpc) is 2.76. The van der Waals surface area contributed by atoms with Crippen molar-refractivity contribution in [3.63, 3.8) is 0 Å². The summed E-state index contributed by atoms with van der Waals surface area (Å²) in [6.45, 7) is 1.12. The molecule has 1 aromatic heterocycles. The zero-order chi connectivity index (χ0) is 12.2. The van der Waals surface area contributed by atoms with Gasteiger partial charge in [0.25, 0.3) is 0 Å². The molecule has 0 radical (unpaired) electrons. The van der Waals surface area contributed by atoms with E-state index in [-0.39, 0.29) is 0 Å². The molecule has 2 N–H and O–H groups in total. The first-order chi connectivity index (χ1) is 8.93. The lowest BCUT2D eigenvalue weighted by Gasteiger charge is -2.18. The monoisotopic (exact) mass is 248 g/mol. The summed E-state index contributed by atoms with van der Waals surface area (Å²) in [5.41, 5.74) is 0. The van der Waals surface area contributed by atoms with E-state index in [1.165, 1.54) is 57.8 Å². The van der Waals surface area contributed by atoms with Crippen LogP contribution in [0.5, 0.6) is 0 Å². The molecular formula is C14H24N4. The van der Waals surface area contributed by atoms with E-state index in [1.807, 2.05) is 0 Å². The normalized spacial score (nSPS) is 27.0. The largest absolute Gasteiger partial charge is 0.307 e. The molecule has 1 aliphatic carbocycles. The van der Waals surface area contributed by atoms with Gasteiger partial charge in [-0.05, 0) is 32.2 Å². The Balaban J connectivity index is 1.67. The summed E-state index contributed by atoms with van der Waals surface area (Å²) in [5.74, 6) is 2.74. The third-order valence-electron chi connectivity index (χ3n) is 4.38. The first kappa shape index (κ1) is 12.2. The Morgan fingerprint density at radius 3 is 2.56 bits per heavy atom. The summed E-state index contributed by atoms with van der Waals surface area (Å²) >= 11 is 0. The first-order valence-corrected chi connectivity index (χ1v) is 7.59. The van der Waals surface area contributed by atoms with E-state index < -0.39 is 0 Å². The second-order valence-corrected chi connectivity index (χ2v) is 5.77. The quantitative estimate of drug-likeness (QED) is 0.845. The van der Waals surface area contributed by atoms with Crippen LogP contribution in [0.3, 0.4) is 0 Å². The lowest BCUT2D eigenvalue weighted by molar-refractivity contribution is 0.428. The van der Waals surface area contributed by atoms with Crippen molar-refractivity contribution in [2.45, 2.75) is 69.7 Å². The maximum Gasteiger partial charge on any atom is 0.153 e. The van der Waals surface area contributed by atoms with Crippen LogP contribution in [-0.4, -0.2) is 21.7 Å². The molecule has 1 atom stereocenters. The fraction of sp³-hybridized carbons (Fsp3) is 0.857. The second-order valence-electron chi connectivity index (χ2n) is 5.77. The molecule has 3 rings (SSSR count). The summed E-state index contributed by atoms with van der Waals surface area (Å²) in [4.78, 5) is 4.77. The maximum atomic E-state index is 4.77. The molecule has 1 aromatic rings. The van der Waals surface area contributed by atoms with Gasteiger partial charge in [0.1, 0.15) is 5.82 Å². The Morgan fingerprint density at radius 2 is 1.67 bits per heavy atom. The predicted molar refractivity (Wildman–Crippen MR) is 71.4 cm³/mol. The minimum absolute atomic E-state index is 0.400. The molecule has 4 nitrogen and oxygen atoms in total. The first-order valence-electron chi connectivity index (χ1n) is 7.59. The SMILES string of the molecule is C1CCC(c2n[nH]c(C3CCCCCN3)n2)CC1. The summed E-state index contributed by atoms with van der Waals surface area (Å²) in [5, 5.41) is 11.2. The van der Waals surface area contributed by atoms with Gasteiger partial charge in [0.2, 0.25) is 0 Å². The van der Waals surface area contributed by atoms with Gasteiger partial charge >= 0.3 is 0 Å². The van der Waals surface area contributed by atoms with Crippen molar-refractivity contribution in [1.82, 2.24) is 20.5 Å². The molecule has 1 saturated heterocycles. The molecule has 0 amide bonds. The van der Waals surface area contributed by atoms with E-state index in [2.05, 4.69) is 15.5 Å². The summed E-state index contributed by atoms with van der Waals surface area (Å²) in [7, 11) is 0. The molecule has 0 aromatic carbocycles. The number of nitrogens with one attached hydrogen (secondary N) is 2. The molecule has 1 unspecified atom stereocenters. The summed E-state index contributed by atoms with van der Waals surface area (Å²) < 4.78 is 0. The van der Waals surface area contributed by atoms with Crippen LogP contribution in [0, 0.1) is 0 Å².